The van der Waals surface area contributed by atoms with Gasteiger partial charge in [-0.3, -0.25) is 14.8 Å². The minimum atomic E-state index is -0.386. The minimum Gasteiger partial charge on any atom is -0.471 e. The third kappa shape index (κ3) is 5.77. The molecule has 0 aliphatic heterocycles. The van der Waals surface area contributed by atoms with Gasteiger partial charge in [0, 0.05) is 18.7 Å². The molecule has 7 heteroatoms. The summed E-state index contributed by atoms with van der Waals surface area (Å²) in [6.45, 7) is 2.25. The highest BCUT2D eigenvalue weighted by molar-refractivity contribution is 5.86. The van der Waals surface area contributed by atoms with Crippen LogP contribution < -0.4 is 4.74 Å². The van der Waals surface area contributed by atoms with Crippen LogP contribution in [0.15, 0.2) is 48.5 Å². The molecule has 0 atom stereocenters. The lowest BCUT2D eigenvalue weighted by molar-refractivity contribution is -0.384. The van der Waals surface area contributed by atoms with Crippen LogP contribution in [0.3, 0.4) is 0 Å². The molecule has 0 N–H and O–H groups in total. The molecule has 0 amide bonds. The second-order valence-corrected chi connectivity index (χ2v) is 7.48. The fraction of sp³-hybridized carbons (Fsp3) is 0.409. The molecule has 0 saturated carbocycles. The topological polar surface area (TPSA) is 73.4 Å². The zero-order valence-electron chi connectivity index (χ0n) is 17.1. The zero-order valence-corrected chi connectivity index (χ0v) is 17.1. The van der Waals surface area contributed by atoms with Crippen LogP contribution in [0.4, 0.5) is 5.69 Å². The number of aromatic nitrogens is 2. The fourth-order valence-corrected chi connectivity index (χ4v) is 3.30. The maximum absolute atomic E-state index is 11.2. The van der Waals surface area contributed by atoms with E-state index < -0.39 is 0 Å². The van der Waals surface area contributed by atoms with Crippen LogP contribution in [0, 0.1) is 10.1 Å². The summed E-state index contributed by atoms with van der Waals surface area (Å²) in [4.78, 5) is 13.0. The van der Waals surface area contributed by atoms with Crippen LogP contribution >= 0.6 is 0 Å². The first kappa shape index (κ1) is 20.8. The number of nitro groups is 1. The van der Waals surface area contributed by atoms with Crippen LogP contribution in [-0.4, -0.2) is 40.2 Å². The molecule has 0 radical (unpaired) electrons. The highest BCUT2D eigenvalue weighted by Gasteiger charge is 2.16. The molecule has 1 aromatic heterocycles. The molecule has 0 fully saturated rings. The molecule has 154 valence electrons. The van der Waals surface area contributed by atoms with Gasteiger partial charge in [0.1, 0.15) is 6.61 Å². The number of non-ortho nitro benzene ring substituents is 1. The Balaban J connectivity index is 1.72. The van der Waals surface area contributed by atoms with Crippen molar-refractivity contribution < 1.29 is 9.66 Å². The van der Waals surface area contributed by atoms with Gasteiger partial charge in [0.05, 0.1) is 15.8 Å². The Bertz CT molecular complexity index is 938. The van der Waals surface area contributed by atoms with E-state index >= 15 is 0 Å². The Hall–Kier alpha value is -2.93. The van der Waals surface area contributed by atoms with E-state index in [1.54, 1.807) is 12.1 Å². The Morgan fingerprint density at radius 2 is 1.83 bits per heavy atom. The second kappa shape index (κ2) is 10.0. The monoisotopic (exact) mass is 396 g/mol. The van der Waals surface area contributed by atoms with Crippen LogP contribution in [0.5, 0.6) is 5.88 Å². The van der Waals surface area contributed by atoms with E-state index in [9.17, 15) is 10.1 Å². The molecule has 0 aliphatic rings. The number of rotatable bonds is 11. The van der Waals surface area contributed by atoms with Crippen molar-refractivity contribution in [2.24, 2.45) is 0 Å². The van der Waals surface area contributed by atoms with Crippen LogP contribution in [-0.2, 0) is 13.2 Å². The van der Waals surface area contributed by atoms with E-state index in [4.69, 9.17) is 4.74 Å². The first-order valence-corrected chi connectivity index (χ1v) is 10.0. The van der Waals surface area contributed by atoms with Gasteiger partial charge < -0.3 is 9.64 Å². The zero-order chi connectivity index (χ0) is 20.6. The molecule has 29 heavy (non-hydrogen) atoms. The van der Waals surface area contributed by atoms with E-state index in [2.05, 4.69) is 24.1 Å². The number of aryl methyl sites for hydroxylation is 1. The molecule has 0 unspecified atom stereocenters. The summed E-state index contributed by atoms with van der Waals surface area (Å²) >= 11 is 0. The summed E-state index contributed by atoms with van der Waals surface area (Å²) in [6, 6.07) is 14.7. The van der Waals surface area contributed by atoms with Gasteiger partial charge in [-0.05, 0) is 45.1 Å². The fourth-order valence-electron chi connectivity index (χ4n) is 3.30. The summed E-state index contributed by atoms with van der Waals surface area (Å²) in [5, 5.41) is 16.5. The number of hydrogen-bond acceptors (Lipinski definition) is 5. The SMILES string of the molecule is CN(C)CCCCCCn1nc(OCc2ccccc2)c2cc([N+](=O)[O-])ccc21. The predicted molar refractivity (Wildman–Crippen MR) is 114 cm³/mol. The summed E-state index contributed by atoms with van der Waals surface area (Å²) in [5.41, 5.74) is 1.94. The number of nitrogens with zero attached hydrogens (tertiary/aromatic N) is 4. The first-order chi connectivity index (χ1) is 14.0. The number of hydrogen-bond donors (Lipinski definition) is 0. The Morgan fingerprint density at radius 3 is 2.55 bits per heavy atom. The minimum absolute atomic E-state index is 0.0466. The maximum atomic E-state index is 11.2. The van der Waals surface area contributed by atoms with E-state index in [-0.39, 0.29) is 10.6 Å². The summed E-state index contributed by atoms with van der Waals surface area (Å²) in [7, 11) is 4.18. The van der Waals surface area contributed by atoms with Gasteiger partial charge in [0.2, 0.25) is 5.88 Å². The summed E-state index contributed by atoms with van der Waals surface area (Å²) < 4.78 is 7.84. The van der Waals surface area contributed by atoms with Crippen molar-refractivity contribution >= 4 is 16.6 Å². The van der Waals surface area contributed by atoms with Gasteiger partial charge >= 0.3 is 0 Å². The normalized spacial score (nSPS) is 11.3. The van der Waals surface area contributed by atoms with Gasteiger partial charge in [-0.15, -0.1) is 5.10 Å². The number of nitro benzene ring substituents is 1. The predicted octanol–water partition coefficient (Wildman–Crippen LogP) is 4.65. The molecular weight excluding hydrogens is 368 g/mol. The lowest BCUT2D eigenvalue weighted by Gasteiger charge is -2.08. The molecule has 2 aromatic carbocycles. The van der Waals surface area contributed by atoms with E-state index in [1.165, 1.54) is 18.9 Å². The third-order valence-electron chi connectivity index (χ3n) is 4.85. The molecule has 0 aliphatic carbocycles. The average Bonchev–Trinajstić information content (AvgIpc) is 3.06. The van der Waals surface area contributed by atoms with E-state index in [0.717, 1.165) is 37.0 Å². The number of ether oxygens (including phenoxy) is 1. The largest absolute Gasteiger partial charge is 0.471 e. The van der Waals surface area contributed by atoms with Gasteiger partial charge in [-0.1, -0.05) is 43.2 Å². The quantitative estimate of drug-likeness (QED) is 0.268. The Morgan fingerprint density at radius 1 is 1.07 bits per heavy atom. The molecule has 0 saturated heterocycles. The highest BCUT2D eigenvalue weighted by Crippen LogP contribution is 2.29. The van der Waals surface area contributed by atoms with Crippen molar-refractivity contribution in [1.82, 2.24) is 14.7 Å². The van der Waals surface area contributed by atoms with Crippen molar-refractivity contribution in [2.45, 2.75) is 38.8 Å². The molecule has 0 bridgehead atoms. The number of benzene rings is 2. The summed E-state index contributed by atoms with van der Waals surface area (Å²) in [5.74, 6) is 0.445. The van der Waals surface area contributed by atoms with Crippen molar-refractivity contribution in [2.75, 3.05) is 20.6 Å². The van der Waals surface area contributed by atoms with E-state index in [1.807, 2.05) is 35.0 Å². The van der Waals surface area contributed by atoms with Crippen LogP contribution in [0.25, 0.3) is 10.9 Å². The lowest BCUT2D eigenvalue weighted by Crippen LogP contribution is -2.12. The van der Waals surface area contributed by atoms with Crippen molar-refractivity contribution in [3.05, 3.63) is 64.2 Å². The molecule has 1 heterocycles. The van der Waals surface area contributed by atoms with Gasteiger partial charge in [0.25, 0.3) is 5.69 Å². The molecule has 3 rings (SSSR count). The smallest absolute Gasteiger partial charge is 0.270 e. The van der Waals surface area contributed by atoms with Gasteiger partial charge in [0.15, 0.2) is 0 Å². The van der Waals surface area contributed by atoms with Gasteiger partial charge in [-0.2, -0.15) is 0 Å². The number of unbranched alkanes of at least 4 members (excludes halogenated alkanes) is 3. The molecule has 0 spiro atoms. The first-order valence-electron chi connectivity index (χ1n) is 10.0. The standard InChI is InChI=1S/C22H28N4O3/c1-24(2)14-8-3-4-9-15-25-21-13-12-19(26(27)28)16-20(21)22(23-25)29-17-18-10-6-5-7-11-18/h5-7,10-13,16H,3-4,8-9,14-15,17H2,1-2H3. The molecule has 3 aromatic rings. The summed E-state index contributed by atoms with van der Waals surface area (Å²) in [6.07, 6.45) is 4.51. The lowest BCUT2D eigenvalue weighted by atomic mass is 10.2. The van der Waals surface area contributed by atoms with Gasteiger partial charge in [-0.25, -0.2) is 0 Å². The Kier molecular flexibility index (Phi) is 7.19. The van der Waals surface area contributed by atoms with E-state index in [0.29, 0.717) is 17.9 Å². The maximum Gasteiger partial charge on any atom is 0.270 e. The number of fused-ring (bicyclic) bond motifs is 1. The molecule has 7 nitrogen and oxygen atoms in total. The third-order valence-corrected chi connectivity index (χ3v) is 4.85. The highest BCUT2D eigenvalue weighted by atomic mass is 16.6. The molecular formula is C22H28N4O3. The van der Waals surface area contributed by atoms with Crippen LogP contribution in [0.2, 0.25) is 0 Å². The average molecular weight is 396 g/mol. The van der Waals surface area contributed by atoms with Crippen molar-refractivity contribution in [3.8, 4) is 5.88 Å². The Labute approximate surface area is 171 Å². The van der Waals surface area contributed by atoms with Crippen molar-refractivity contribution in [1.29, 1.82) is 0 Å². The second-order valence-electron chi connectivity index (χ2n) is 7.48. The van der Waals surface area contributed by atoms with Crippen LogP contribution in [0.1, 0.15) is 31.2 Å². The van der Waals surface area contributed by atoms with Crippen molar-refractivity contribution in [3.63, 3.8) is 0 Å².